The minimum absolute atomic E-state index is 0.171. The standard InChI is InChI=1S/C11H19BrO2/c12-8-4-5-10-9-13-11(14-10)6-2-1-3-7-11/h10H,1-9H2/t10-/m0/s1. The van der Waals surface area contributed by atoms with Crippen molar-refractivity contribution in [2.24, 2.45) is 0 Å². The van der Waals surface area contributed by atoms with Gasteiger partial charge in [-0.2, -0.15) is 0 Å². The van der Waals surface area contributed by atoms with Crippen LogP contribution in [0.2, 0.25) is 0 Å². The van der Waals surface area contributed by atoms with Crippen LogP contribution in [-0.2, 0) is 9.47 Å². The van der Waals surface area contributed by atoms with E-state index in [0.29, 0.717) is 6.10 Å². The molecule has 2 fully saturated rings. The fourth-order valence-electron chi connectivity index (χ4n) is 2.42. The van der Waals surface area contributed by atoms with Crippen molar-refractivity contribution in [2.75, 3.05) is 11.9 Å². The molecule has 82 valence electrons. The minimum atomic E-state index is -0.171. The lowest BCUT2D eigenvalue weighted by Crippen LogP contribution is -2.33. The molecular formula is C11H19BrO2. The Bertz CT molecular complexity index is 178. The predicted octanol–water partition coefficient (Wildman–Crippen LogP) is 3.24. The van der Waals surface area contributed by atoms with Crippen LogP contribution in [0.1, 0.15) is 44.9 Å². The van der Waals surface area contributed by atoms with Gasteiger partial charge in [-0.15, -0.1) is 0 Å². The van der Waals surface area contributed by atoms with Gasteiger partial charge in [-0.1, -0.05) is 22.4 Å². The fourth-order valence-corrected chi connectivity index (χ4v) is 2.74. The monoisotopic (exact) mass is 262 g/mol. The molecule has 2 nitrogen and oxygen atoms in total. The first-order valence-corrected chi connectivity index (χ1v) is 6.84. The highest BCUT2D eigenvalue weighted by Gasteiger charge is 2.41. The van der Waals surface area contributed by atoms with Crippen molar-refractivity contribution in [1.29, 1.82) is 0 Å². The molecule has 1 heterocycles. The summed E-state index contributed by atoms with van der Waals surface area (Å²) in [6.45, 7) is 0.812. The third kappa shape index (κ3) is 2.50. The lowest BCUT2D eigenvalue weighted by molar-refractivity contribution is -0.187. The van der Waals surface area contributed by atoms with Gasteiger partial charge in [-0.05, 0) is 25.7 Å². The summed E-state index contributed by atoms with van der Waals surface area (Å²) in [5.41, 5.74) is 0. The summed E-state index contributed by atoms with van der Waals surface area (Å²) < 4.78 is 11.9. The molecule has 1 aliphatic heterocycles. The summed E-state index contributed by atoms with van der Waals surface area (Å²) in [4.78, 5) is 0. The van der Waals surface area contributed by atoms with E-state index in [2.05, 4.69) is 15.9 Å². The second-order valence-electron chi connectivity index (χ2n) is 4.35. The Morgan fingerprint density at radius 2 is 2.00 bits per heavy atom. The van der Waals surface area contributed by atoms with Gasteiger partial charge in [0.1, 0.15) is 0 Å². The van der Waals surface area contributed by atoms with Crippen LogP contribution in [0.5, 0.6) is 0 Å². The smallest absolute Gasteiger partial charge is 0.168 e. The van der Waals surface area contributed by atoms with E-state index in [4.69, 9.17) is 9.47 Å². The molecule has 1 atom stereocenters. The molecule has 0 amide bonds. The van der Waals surface area contributed by atoms with E-state index >= 15 is 0 Å². The highest BCUT2D eigenvalue weighted by molar-refractivity contribution is 9.09. The molecule has 0 aromatic carbocycles. The Kier molecular flexibility index (Phi) is 3.86. The van der Waals surface area contributed by atoms with Crippen LogP contribution in [0.25, 0.3) is 0 Å². The summed E-state index contributed by atoms with van der Waals surface area (Å²) in [6, 6.07) is 0. The molecule has 1 saturated carbocycles. The maximum atomic E-state index is 6.05. The lowest BCUT2D eigenvalue weighted by Gasteiger charge is -2.31. The lowest BCUT2D eigenvalue weighted by atomic mass is 9.94. The second kappa shape index (κ2) is 4.95. The number of rotatable bonds is 3. The second-order valence-corrected chi connectivity index (χ2v) is 5.15. The SMILES string of the molecule is BrCCC[C@H]1COC2(CCCCC2)O1. The van der Waals surface area contributed by atoms with E-state index in [-0.39, 0.29) is 5.79 Å². The zero-order valence-electron chi connectivity index (χ0n) is 8.64. The van der Waals surface area contributed by atoms with Crippen molar-refractivity contribution in [3.8, 4) is 0 Å². The first kappa shape index (κ1) is 10.9. The molecule has 1 saturated heterocycles. The van der Waals surface area contributed by atoms with Crippen molar-refractivity contribution in [1.82, 2.24) is 0 Å². The third-order valence-corrected chi connectivity index (χ3v) is 3.75. The molecule has 0 unspecified atom stereocenters. The van der Waals surface area contributed by atoms with Crippen LogP contribution in [0, 0.1) is 0 Å². The fraction of sp³-hybridized carbons (Fsp3) is 1.00. The Morgan fingerprint density at radius 3 is 2.71 bits per heavy atom. The molecule has 0 bridgehead atoms. The maximum absolute atomic E-state index is 6.05. The molecule has 0 N–H and O–H groups in total. The average Bonchev–Trinajstić information content (AvgIpc) is 2.60. The topological polar surface area (TPSA) is 18.5 Å². The van der Waals surface area contributed by atoms with Crippen molar-refractivity contribution < 1.29 is 9.47 Å². The van der Waals surface area contributed by atoms with E-state index in [0.717, 1.165) is 31.2 Å². The molecule has 3 heteroatoms. The largest absolute Gasteiger partial charge is 0.347 e. The van der Waals surface area contributed by atoms with Crippen LogP contribution in [0.15, 0.2) is 0 Å². The first-order chi connectivity index (χ1) is 6.85. The summed E-state index contributed by atoms with van der Waals surface area (Å²) in [6.07, 6.45) is 8.77. The van der Waals surface area contributed by atoms with Gasteiger partial charge in [0.05, 0.1) is 12.7 Å². The molecular weight excluding hydrogens is 244 g/mol. The van der Waals surface area contributed by atoms with Crippen molar-refractivity contribution in [3.63, 3.8) is 0 Å². The number of halogens is 1. The Labute approximate surface area is 94.5 Å². The maximum Gasteiger partial charge on any atom is 0.168 e. The number of hydrogen-bond donors (Lipinski definition) is 0. The molecule has 14 heavy (non-hydrogen) atoms. The van der Waals surface area contributed by atoms with Crippen LogP contribution >= 0.6 is 15.9 Å². The van der Waals surface area contributed by atoms with E-state index in [1.165, 1.54) is 25.7 Å². The summed E-state index contributed by atoms with van der Waals surface area (Å²) >= 11 is 3.45. The number of hydrogen-bond acceptors (Lipinski definition) is 2. The summed E-state index contributed by atoms with van der Waals surface area (Å²) in [7, 11) is 0. The molecule has 1 aliphatic carbocycles. The molecule has 2 rings (SSSR count). The van der Waals surface area contributed by atoms with E-state index in [9.17, 15) is 0 Å². The number of ether oxygens (including phenoxy) is 2. The van der Waals surface area contributed by atoms with Crippen molar-refractivity contribution in [2.45, 2.75) is 56.8 Å². The normalized spacial score (nSPS) is 31.1. The molecule has 2 aliphatic rings. The van der Waals surface area contributed by atoms with Crippen LogP contribution in [-0.4, -0.2) is 23.8 Å². The molecule has 1 spiro atoms. The van der Waals surface area contributed by atoms with Crippen LogP contribution < -0.4 is 0 Å². The predicted molar refractivity (Wildman–Crippen MR) is 59.7 cm³/mol. The van der Waals surface area contributed by atoms with Gasteiger partial charge in [0.15, 0.2) is 5.79 Å². The Hall–Kier alpha value is 0.400. The van der Waals surface area contributed by atoms with Gasteiger partial charge in [-0.25, -0.2) is 0 Å². The van der Waals surface area contributed by atoms with Crippen molar-refractivity contribution >= 4 is 15.9 Å². The molecule has 0 aromatic rings. The zero-order chi connectivity index (χ0) is 9.86. The zero-order valence-corrected chi connectivity index (χ0v) is 10.2. The highest BCUT2D eigenvalue weighted by Crippen LogP contribution is 2.38. The van der Waals surface area contributed by atoms with Gasteiger partial charge in [0, 0.05) is 18.2 Å². The Morgan fingerprint density at radius 1 is 1.21 bits per heavy atom. The van der Waals surface area contributed by atoms with Gasteiger partial charge in [-0.3, -0.25) is 0 Å². The van der Waals surface area contributed by atoms with Gasteiger partial charge >= 0.3 is 0 Å². The summed E-state index contributed by atoms with van der Waals surface area (Å²) in [5.74, 6) is -0.171. The summed E-state index contributed by atoms with van der Waals surface area (Å²) in [5, 5.41) is 1.07. The Balaban J connectivity index is 1.80. The van der Waals surface area contributed by atoms with Crippen molar-refractivity contribution in [3.05, 3.63) is 0 Å². The third-order valence-electron chi connectivity index (χ3n) is 3.19. The van der Waals surface area contributed by atoms with E-state index in [1.54, 1.807) is 0 Å². The molecule has 0 aromatic heterocycles. The average molecular weight is 263 g/mol. The van der Waals surface area contributed by atoms with Gasteiger partial charge in [0.2, 0.25) is 0 Å². The van der Waals surface area contributed by atoms with Crippen LogP contribution in [0.3, 0.4) is 0 Å². The number of alkyl halides is 1. The quantitative estimate of drug-likeness (QED) is 0.728. The van der Waals surface area contributed by atoms with Gasteiger partial charge in [0.25, 0.3) is 0 Å². The van der Waals surface area contributed by atoms with E-state index < -0.39 is 0 Å². The van der Waals surface area contributed by atoms with E-state index in [1.807, 2.05) is 0 Å². The minimum Gasteiger partial charge on any atom is -0.347 e. The van der Waals surface area contributed by atoms with Gasteiger partial charge < -0.3 is 9.47 Å². The molecule has 0 radical (unpaired) electrons. The first-order valence-electron chi connectivity index (χ1n) is 5.72. The van der Waals surface area contributed by atoms with Crippen LogP contribution in [0.4, 0.5) is 0 Å². The highest BCUT2D eigenvalue weighted by atomic mass is 79.9.